The van der Waals surface area contributed by atoms with E-state index in [1.54, 1.807) is 11.1 Å². The monoisotopic (exact) mass is 138 g/mol. The molecule has 0 nitrogen and oxygen atoms in total. The second-order valence-electron chi connectivity index (χ2n) is 3.77. The summed E-state index contributed by atoms with van der Waals surface area (Å²) in [6, 6.07) is 0. The van der Waals surface area contributed by atoms with Crippen LogP contribution < -0.4 is 0 Å². The first kappa shape index (κ1) is 7.84. The van der Waals surface area contributed by atoms with Crippen molar-refractivity contribution in [2.24, 2.45) is 11.8 Å². The van der Waals surface area contributed by atoms with Gasteiger partial charge in [-0.25, -0.2) is 0 Å². The van der Waals surface area contributed by atoms with Crippen molar-refractivity contribution >= 4 is 0 Å². The molecule has 0 heterocycles. The molecule has 1 aliphatic carbocycles. The van der Waals surface area contributed by atoms with Gasteiger partial charge in [0.1, 0.15) is 0 Å². The van der Waals surface area contributed by atoms with Crippen molar-refractivity contribution in [2.45, 2.75) is 40.5 Å². The molecular weight excluding hydrogens is 120 g/mol. The summed E-state index contributed by atoms with van der Waals surface area (Å²) in [6.45, 7) is 9.27. The molecule has 0 fully saturated rings. The lowest BCUT2D eigenvalue weighted by atomic mass is 9.78. The summed E-state index contributed by atoms with van der Waals surface area (Å²) >= 11 is 0. The van der Waals surface area contributed by atoms with E-state index < -0.39 is 0 Å². The van der Waals surface area contributed by atoms with Gasteiger partial charge in [0.2, 0.25) is 0 Å². The van der Waals surface area contributed by atoms with Crippen molar-refractivity contribution in [3.8, 4) is 0 Å². The highest BCUT2D eigenvalue weighted by Gasteiger charge is 2.19. The Balaban J connectivity index is 2.77. The second-order valence-corrected chi connectivity index (χ2v) is 3.77. The normalized spacial score (nSPS) is 34.8. The molecule has 0 aromatic carbocycles. The van der Waals surface area contributed by atoms with Gasteiger partial charge < -0.3 is 0 Å². The van der Waals surface area contributed by atoms with Gasteiger partial charge in [0.15, 0.2) is 0 Å². The maximum absolute atomic E-state index is 2.36. The van der Waals surface area contributed by atoms with Gasteiger partial charge in [-0.3, -0.25) is 0 Å². The van der Waals surface area contributed by atoms with E-state index in [9.17, 15) is 0 Å². The lowest BCUT2D eigenvalue weighted by Crippen LogP contribution is -2.15. The summed E-state index contributed by atoms with van der Waals surface area (Å²) in [6.07, 6.45) is 2.72. The van der Waals surface area contributed by atoms with Crippen LogP contribution in [0.15, 0.2) is 11.1 Å². The molecule has 0 aromatic rings. The maximum atomic E-state index is 2.36. The Morgan fingerprint density at radius 2 is 1.80 bits per heavy atom. The molecule has 1 rings (SSSR count). The van der Waals surface area contributed by atoms with Gasteiger partial charge in [-0.2, -0.15) is 0 Å². The Bertz CT molecular complexity index is 153. The van der Waals surface area contributed by atoms with Gasteiger partial charge in [-0.15, -0.1) is 0 Å². The second kappa shape index (κ2) is 2.77. The Morgan fingerprint density at radius 1 is 1.20 bits per heavy atom. The van der Waals surface area contributed by atoms with E-state index in [2.05, 4.69) is 27.7 Å². The zero-order valence-corrected chi connectivity index (χ0v) is 7.57. The largest absolute Gasteiger partial charge is 0.0741 e. The smallest absolute Gasteiger partial charge is 0.0206 e. The molecular formula is C10H18. The predicted molar refractivity (Wildman–Crippen MR) is 45.9 cm³/mol. The summed E-state index contributed by atoms with van der Waals surface area (Å²) in [4.78, 5) is 0. The molecule has 10 heavy (non-hydrogen) atoms. The van der Waals surface area contributed by atoms with Crippen molar-refractivity contribution in [1.29, 1.82) is 0 Å². The molecule has 0 bridgehead atoms. The van der Waals surface area contributed by atoms with Crippen LogP contribution >= 0.6 is 0 Å². The molecule has 0 amide bonds. The third kappa shape index (κ3) is 1.25. The van der Waals surface area contributed by atoms with Crippen LogP contribution in [-0.4, -0.2) is 0 Å². The van der Waals surface area contributed by atoms with Crippen molar-refractivity contribution in [3.63, 3.8) is 0 Å². The molecule has 0 radical (unpaired) electrons. The molecule has 58 valence electrons. The van der Waals surface area contributed by atoms with Crippen molar-refractivity contribution < 1.29 is 0 Å². The van der Waals surface area contributed by atoms with Gasteiger partial charge >= 0.3 is 0 Å². The van der Waals surface area contributed by atoms with Gasteiger partial charge in [-0.05, 0) is 38.5 Å². The van der Waals surface area contributed by atoms with Crippen LogP contribution in [0.5, 0.6) is 0 Å². The lowest BCUT2D eigenvalue weighted by molar-refractivity contribution is 0.383. The standard InChI is InChI=1S/C10H18/c1-7-5-6-8(2)10(4)9(7)3/h7,9H,5-6H2,1-4H3. The third-order valence-electron chi connectivity index (χ3n) is 3.18. The fourth-order valence-electron chi connectivity index (χ4n) is 1.71. The van der Waals surface area contributed by atoms with Crippen molar-refractivity contribution in [1.82, 2.24) is 0 Å². The highest BCUT2D eigenvalue weighted by molar-refractivity contribution is 5.16. The van der Waals surface area contributed by atoms with Crippen LogP contribution in [0.3, 0.4) is 0 Å². The van der Waals surface area contributed by atoms with Crippen LogP contribution in [0, 0.1) is 11.8 Å². The molecule has 0 saturated heterocycles. The lowest BCUT2D eigenvalue weighted by Gasteiger charge is -2.28. The molecule has 2 unspecified atom stereocenters. The first-order chi connectivity index (χ1) is 4.63. The molecule has 1 aliphatic rings. The van der Waals surface area contributed by atoms with Gasteiger partial charge in [-0.1, -0.05) is 25.0 Å². The number of rotatable bonds is 0. The van der Waals surface area contributed by atoms with Crippen LogP contribution in [0.25, 0.3) is 0 Å². The molecule has 0 N–H and O–H groups in total. The van der Waals surface area contributed by atoms with Gasteiger partial charge in [0.25, 0.3) is 0 Å². The quantitative estimate of drug-likeness (QED) is 0.450. The summed E-state index contributed by atoms with van der Waals surface area (Å²) in [5, 5.41) is 0. The van der Waals surface area contributed by atoms with Crippen LogP contribution in [-0.2, 0) is 0 Å². The average Bonchev–Trinajstić information content (AvgIpc) is 1.93. The highest BCUT2D eigenvalue weighted by Crippen LogP contribution is 2.33. The van der Waals surface area contributed by atoms with Gasteiger partial charge in [0.05, 0.1) is 0 Å². The third-order valence-corrected chi connectivity index (χ3v) is 3.18. The van der Waals surface area contributed by atoms with E-state index in [-0.39, 0.29) is 0 Å². The minimum atomic E-state index is 0.828. The minimum Gasteiger partial charge on any atom is -0.0741 e. The molecule has 2 atom stereocenters. The molecule has 0 spiro atoms. The molecule has 0 aromatic heterocycles. The first-order valence-corrected chi connectivity index (χ1v) is 4.29. The number of hydrogen-bond donors (Lipinski definition) is 0. The topological polar surface area (TPSA) is 0 Å². The Kier molecular flexibility index (Phi) is 2.18. The Hall–Kier alpha value is -0.260. The minimum absolute atomic E-state index is 0.828. The van der Waals surface area contributed by atoms with Crippen LogP contribution in [0.2, 0.25) is 0 Å². The average molecular weight is 138 g/mol. The van der Waals surface area contributed by atoms with E-state index >= 15 is 0 Å². The fourth-order valence-corrected chi connectivity index (χ4v) is 1.71. The summed E-state index contributed by atoms with van der Waals surface area (Å²) in [5.74, 6) is 1.73. The SMILES string of the molecule is CC1=C(C)C(C)C(C)CC1. The van der Waals surface area contributed by atoms with E-state index in [4.69, 9.17) is 0 Å². The fraction of sp³-hybridized carbons (Fsp3) is 0.800. The Labute approximate surface area is 64.3 Å². The van der Waals surface area contributed by atoms with Gasteiger partial charge in [0, 0.05) is 0 Å². The maximum Gasteiger partial charge on any atom is -0.0206 e. The molecule has 0 heteroatoms. The number of hydrogen-bond acceptors (Lipinski definition) is 0. The molecule has 0 saturated carbocycles. The van der Waals surface area contributed by atoms with E-state index in [1.165, 1.54) is 12.8 Å². The summed E-state index contributed by atoms with van der Waals surface area (Å²) in [5.41, 5.74) is 3.27. The van der Waals surface area contributed by atoms with Crippen molar-refractivity contribution in [3.05, 3.63) is 11.1 Å². The van der Waals surface area contributed by atoms with Crippen molar-refractivity contribution in [2.75, 3.05) is 0 Å². The van der Waals surface area contributed by atoms with E-state index in [0.29, 0.717) is 0 Å². The zero-order chi connectivity index (χ0) is 7.72. The van der Waals surface area contributed by atoms with Crippen LogP contribution in [0.1, 0.15) is 40.5 Å². The predicted octanol–water partition coefficient (Wildman–Crippen LogP) is 3.39. The highest BCUT2D eigenvalue weighted by atomic mass is 14.2. The van der Waals surface area contributed by atoms with E-state index in [0.717, 1.165) is 11.8 Å². The Morgan fingerprint density at radius 3 is 2.30 bits per heavy atom. The number of allylic oxidation sites excluding steroid dienone is 2. The molecule has 0 aliphatic heterocycles. The first-order valence-electron chi connectivity index (χ1n) is 4.29. The zero-order valence-electron chi connectivity index (χ0n) is 7.57. The van der Waals surface area contributed by atoms with Crippen LogP contribution in [0.4, 0.5) is 0 Å². The van der Waals surface area contributed by atoms with E-state index in [1.807, 2.05) is 0 Å². The summed E-state index contributed by atoms with van der Waals surface area (Å²) < 4.78 is 0. The summed E-state index contributed by atoms with van der Waals surface area (Å²) in [7, 11) is 0.